The van der Waals surface area contributed by atoms with Crippen molar-refractivity contribution in [2.45, 2.75) is 39.7 Å². The van der Waals surface area contributed by atoms with Gasteiger partial charge in [0.05, 0.1) is 0 Å². The van der Waals surface area contributed by atoms with Crippen molar-refractivity contribution in [3.63, 3.8) is 0 Å². The lowest BCUT2D eigenvalue weighted by Gasteiger charge is -2.20. The normalized spacial score (nSPS) is 11.6. The molecular weight excluding hydrogens is 256 g/mol. The summed E-state index contributed by atoms with van der Waals surface area (Å²) in [5.41, 5.74) is 2.31. The lowest BCUT2D eigenvalue weighted by atomic mass is 10.0. The van der Waals surface area contributed by atoms with Crippen LogP contribution in [0.5, 0.6) is 0 Å². The van der Waals surface area contributed by atoms with Gasteiger partial charge in [-0.25, -0.2) is 9.48 Å². The molecule has 1 N–H and O–H groups in total. The van der Waals surface area contributed by atoms with Crippen molar-refractivity contribution in [2.75, 3.05) is 0 Å². The number of carboxylic acid groups (broad SMARTS) is 1. The van der Waals surface area contributed by atoms with Gasteiger partial charge in [-0.3, -0.25) is 0 Å². The second-order valence-electron chi connectivity index (χ2n) is 5.47. The average molecular weight is 274 g/mol. The van der Waals surface area contributed by atoms with Crippen LogP contribution in [0.25, 0.3) is 0 Å². The molecular formula is C14H18N4O2. The molecule has 0 aliphatic heterocycles. The van der Waals surface area contributed by atoms with Crippen LogP contribution in [-0.2, 0) is 16.8 Å². The largest absolute Gasteiger partial charge is 0.479 e. The number of carboxylic acids is 1. The van der Waals surface area contributed by atoms with Gasteiger partial charge in [-0.05, 0) is 54.8 Å². The Bertz CT molecular complexity index is 646. The fourth-order valence-electron chi connectivity index (χ4n) is 1.94. The quantitative estimate of drug-likeness (QED) is 0.917. The van der Waals surface area contributed by atoms with Crippen molar-refractivity contribution in [2.24, 2.45) is 0 Å². The molecule has 1 aromatic carbocycles. The molecule has 1 aromatic heterocycles. The molecule has 0 radical (unpaired) electrons. The minimum absolute atomic E-state index is 0.505. The molecule has 0 unspecified atom stereocenters. The van der Waals surface area contributed by atoms with Crippen molar-refractivity contribution in [3.8, 4) is 0 Å². The molecule has 0 bridgehead atoms. The van der Waals surface area contributed by atoms with E-state index in [1.807, 2.05) is 19.1 Å². The number of carbonyl (C=O) groups is 1. The summed E-state index contributed by atoms with van der Waals surface area (Å²) >= 11 is 0. The second kappa shape index (κ2) is 5.03. The molecule has 0 atom stereocenters. The maximum absolute atomic E-state index is 11.3. The smallest absolute Gasteiger partial charge is 0.331 e. The maximum atomic E-state index is 11.3. The summed E-state index contributed by atoms with van der Waals surface area (Å²) in [6.07, 6.45) is 0.505. The van der Waals surface area contributed by atoms with E-state index >= 15 is 0 Å². The summed E-state index contributed by atoms with van der Waals surface area (Å²) in [4.78, 5) is 11.3. The van der Waals surface area contributed by atoms with Gasteiger partial charge in [0, 0.05) is 6.42 Å². The van der Waals surface area contributed by atoms with E-state index in [0.717, 1.165) is 5.56 Å². The first-order valence-electron chi connectivity index (χ1n) is 6.39. The highest BCUT2D eigenvalue weighted by molar-refractivity contribution is 5.75. The first kappa shape index (κ1) is 14.2. The molecule has 1 heterocycles. The molecule has 0 amide bonds. The van der Waals surface area contributed by atoms with Crippen molar-refractivity contribution < 1.29 is 9.90 Å². The van der Waals surface area contributed by atoms with Crippen LogP contribution in [-0.4, -0.2) is 31.3 Å². The number of aliphatic carboxylic acids is 1. The SMILES string of the molecule is Cc1ccc(Cc2nnnn2C(C)(C)C(=O)O)cc1C. The van der Waals surface area contributed by atoms with Crippen molar-refractivity contribution in [1.29, 1.82) is 0 Å². The van der Waals surface area contributed by atoms with E-state index in [1.54, 1.807) is 13.8 Å². The Morgan fingerprint density at radius 3 is 2.60 bits per heavy atom. The number of rotatable bonds is 4. The summed E-state index contributed by atoms with van der Waals surface area (Å²) in [6, 6.07) is 6.12. The van der Waals surface area contributed by atoms with Gasteiger partial charge in [-0.1, -0.05) is 18.2 Å². The standard InChI is InChI=1S/C14H18N4O2/c1-9-5-6-11(7-10(9)2)8-12-15-16-17-18(12)14(3,4)13(19)20/h5-7H,8H2,1-4H3,(H,19,20). The van der Waals surface area contributed by atoms with E-state index < -0.39 is 11.5 Å². The molecule has 20 heavy (non-hydrogen) atoms. The van der Waals surface area contributed by atoms with E-state index in [4.69, 9.17) is 0 Å². The third-order valence-corrected chi connectivity index (χ3v) is 3.52. The molecule has 0 spiro atoms. The van der Waals surface area contributed by atoms with E-state index in [2.05, 4.69) is 28.5 Å². The first-order chi connectivity index (χ1) is 9.32. The third-order valence-electron chi connectivity index (χ3n) is 3.52. The number of tetrazole rings is 1. The lowest BCUT2D eigenvalue weighted by Crippen LogP contribution is -2.38. The third kappa shape index (κ3) is 2.54. The number of aryl methyl sites for hydroxylation is 2. The monoisotopic (exact) mass is 274 g/mol. The minimum Gasteiger partial charge on any atom is -0.479 e. The van der Waals surface area contributed by atoms with Gasteiger partial charge in [0.25, 0.3) is 0 Å². The highest BCUT2D eigenvalue weighted by Crippen LogP contribution is 2.18. The molecule has 0 saturated heterocycles. The van der Waals surface area contributed by atoms with E-state index in [-0.39, 0.29) is 0 Å². The fraction of sp³-hybridized carbons (Fsp3) is 0.429. The summed E-state index contributed by atoms with van der Waals surface area (Å²) in [5, 5.41) is 20.6. The van der Waals surface area contributed by atoms with E-state index in [0.29, 0.717) is 12.2 Å². The predicted molar refractivity (Wildman–Crippen MR) is 73.5 cm³/mol. The molecule has 6 nitrogen and oxygen atoms in total. The summed E-state index contributed by atoms with van der Waals surface area (Å²) in [6.45, 7) is 7.25. The highest BCUT2D eigenvalue weighted by atomic mass is 16.4. The predicted octanol–water partition coefficient (Wildman–Crippen LogP) is 1.70. The Morgan fingerprint density at radius 1 is 1.30 bits per heavy atom. The van der Waals surface area contributed by atoms with Gasteiger partial charge in [-0.15, -0.1) is 5.10 Å². The molecule has 2 rings (SSSR count). The van der Waals surface area contributed by atoms with Crippen molar-refractivity contribution >= 4 is 5.97 Å². The Morgan fingerprint density at radius 2 is 2.00 bits per heavy atom. The minimum atomic E-state index is -1.17. The highest BCUT2D eigenvalue weighted by Gasteiger charge is 2.33. The second-order valence-corrected chi connectivity index (χ2v) is 5.47. The Balaban J connectivity index is 2.34. The van der Waals surface area contributed by atoms with Crippen LogP contribution in [0, 0.1) is 13.8 Å². The zero-order valence-corrected chi connectivity index (χ0v) is 12.1. The van der Waals surface area contributed by atoms with Crippen molar-refractivity contribution in [3.05, 3.63) is 40.7 Å². The van der Waals surface area contributed by atoms with Gasteiger partial charge in [0.1, 0.15) is 0 Å². The number of hydrogen-bond acceptors (Lipinski definition) is 4. The number of nitrogens with zero attached hydrogens (tertiary/aromatic N) is 4. The lowest BCUT2D eigenvalue weighted by molar-refractivity contribution is -0.146. The van der Waals surface area contributed by atoms with E-state index in [1.165, 1.54) is 15.8 Å². The van der Waals surface area contributed by atoms with Gasteiger partial charge in [0.15, 0.2) is 11.4 Å². The Kier molecular flexibility index (Phi) is 3.57. The summed E-state index contributed by atoms with van der Waals surface area (Å²) in [5.74, 6) is -0.424. The number of aromatic nitrogens is 4. The average Bonchev–Trinajstić information content (AvgIpc) is 2.82. The molecule has 0 fully saturated rings. The molecule has 106 valence electrons. The van der Waals surface area contributed by atoms with Crippen LogP contribution < -0.4 is 0 Å². The molecule has 2 aromatic rings. The van der Waals surface area contributed by atoms with Crippen LogP contribution in [0.4, 0.5) is 0 Å². The van der Waals surface area contributed by atoms with Gasteiger partial charge >= 0.3 is 5.97 Å². The van der Waals surface area contributed by atoms with Crippen LogP contribution >= 0.6 is 0 Å². The zero-order chi connectivity index (χ0) is 14.9. The van der Waals surface area contributed by atoms with Crippen LogP contribution in [0.2, 0.25) is 0 Å². The Hall–Kier alpha value is -2.24. The molecule has 0 aliphatic rings. The van der Waals surface area contributed by atoms with Crippen LogP contribution in [0.1, 0.15) is 36.4 Å². The fourth-order valence-corrected chi connectivity index (χ4v) is 1.94. The van der Waals surface area contributed by atoms with E-state index in [9.17, 15) is 9.90 Å². The molecule has 0 saturated carbocycles. The van der Waals surface area contributed by atoms with Gasteiger partial charge < -0.3 is 5.11 Å². The van der Waals surface area contributed by atoms with Gasteiger partial charge in [0.2, 0.25) is 0 Å². The summed E-state index contributed by atoms with van der Waals surface area (Å²) < 4.78 is 1.37. The zero-order valence-electron chi connectivity index (χ0n) is 12.1. The summed E-state index contributed by atoms with van der Waals surface area (Å²) in [7, 11) is 0. The Labute approximate surface area is 117 Å². The van der Waals surface area contributed by atoms with Crippen LogP contribution in [0.15, 0.2) is 18.2 Å². The number of benzene rings is 1. The molecule has 6 heteroatoms. The van der Waals surface area contributed by atoms with Gasteiger partial charge in [-0.2, -0.15) is 0 Å². The van der Waals surface area contributed by atoms with Crippen molar-refractivity contribution in [1.82, 2.24) is 20.2 Å². The number of hydrogen-bond donors (Lipinski definition) is 1. The first-order valence-corrected chi connectivity index (χ1v) is 6.39. The molecule has 0 aliphatic carbocycles. The topological polar surface area (TPSA) is 80.9 Å². The maximum Gasteiger partial charge on any atom is 0.331 e. The van der Waals surface area contributed by atoms with Crippen LogP contribution in [0.3, 0.4) is 0 Å².